The van der Waals surface area contributed by atoms with E-state index in [0.717, 1.165) is 12.8 Å². The molecule has 0 spiro atoms. The third kappa shape index (κ3) is 4.68. The summed E-state index contributed by atoms with van der Waals surface area (Å²) in [5, 5.41) is 21.2. The summed E-state index contributed by atoms with van der Waals surface area (Å²) < 4.78 is 0. The molecule has 3 N–H and O–H groups in total. The minimum atomic E-state index is -1.21. The summed E-state index contributed by atoms with van der Waals surface area (Å²) >= 11 is 0. The molecule has 0 aromatic heterocycles. The molecule has 9 heteroatoms. The second-order valence-electron chi connectivity index (χ2n) is 6.60. The van der Waals surface area contributed by atoms with Crippen LogP contribution >= 0.6 is 0 Å². The van der Waals surface area contributed by atoms with E-state index in [0.29, 0.717) is 32.5 Å². The molecule has 0 saturated carbocycles. The van der Waals surface area contributed by atoms with Crippen molar-refractivity contribution in [1.82, 2.24) is 15.1 Å². The first kappa shape index (κ1) is 19.2. The first-order valence-corrected chi connectivity index (χ1v) is 8.61. The molecule has 1 unspecified atom stereocenters. The minimum absolute atomic E-state index is 0.227. The lowest BCUT2D eigenvalue weighted by Crippen LogP contribution is -2.53. The number of carbonyl (C=O) groups is 4. The highest BCUT2D eigenvalue weighted by molar-refractivity contribution is 5.89. The second kappa shape index (κ2) is 8.28. The summed E-state index contributed by atoms with van der Waals surface area (Å²) in [7, 11) is 0. The Labute approximate surface area is 146 Å². The molecule has 2 rings (SSSR count). The fraction of sp³-hybridized carbons (Fsp3) is 0.750. The molecule has 2 heterocycles. The second-order valence-corrected chi connectivity index (χ2v) is 6.60. The van der Waals surface area contributed by atoms with Crippen LogP contribution in [0.5, 0.6) is 0 Å². The van der Waals surface area contributed by atoms with E-state index in [4.69, 9.17) is 5.11 Å². The van der Waals surface area contributed by atoms with Crippen molar-refractivity contribution < 1.29 is 29.4 Å². The predicted molar refractivity (Wildman–Crippen MR) is 86.8 cm³/mol. The Balaban J connectivity index is 1.95. The van der Waals surface area contributed by atoms with Crippen molar-refractivity contribution in [2.75, 3.05) is 19.6 Å². The number of carbonyl (C=O) groups excluding carboxylic acids is 2. The van der Waals surface area contributed by atoms with Gasteiger partial charge in [0.15, 0.2) is 0 Å². The molecule has 2 saturated heterocycles. The first-order chi connectivity index (χ1) is 11.8. The molecule has 0 bridgehead atoms. The summed E-state index contributed by atoms with van der Waals surface area (Å²) in [6.07, 6.45) is 2.60. The molecule has 140 valence electrons. The van der Waals surface area contributed by atoms with Crippen LogP contribution in [0.4, 0.5) is 0 Å². The van der Waals surface area contributed by atoms with Crippen molar-refractivity contribution in [1.29, 1.82) is 0 Å². The van der Waals surface area contributed by atoms with Crippen LogP contribution < -0.4 is 5.32 Å². The maximum absolute atomic E-state index is 12.5. The zero-order valence-corrected chi connectivity index (χ0v) is 14.3. The zero-order chi connectivity index (χ0) is 18.6. The molecule has 9 nitrogen and oxygen atoms in total. The van der Waals surface area contributed by atoms with Gasteiger partial charge in [-0.2, -0.15) is 0 Å². The van der Waals surface area contributed by atoms with Gasteiger partial charge in [0, 0.05) is 19.6 Å². The molecule has 2 aliphatic rings. The normalized spacial score (nSPS) is 22.7. The van der Waals surface area contributed by atoms with Crippen molar-refractivity contribution >= 4 is 23.8 Å². The van der Waals surface area contributed by atoms with Crippen LogP contribution in [0, 0.1) is 0 Å². The van der Waals surface area contributed by atoms with Gasteiger partial charge in [-0.3, -0.25) is 19.7 Å². The Bertz CT molecular complexity index is 546. The third-order valence-corrected chi connectivity index (χ3v) is 4.78. The predicted octanol–water partition coefficient (Wildman–Crippen LogP) is -0.494. The summed E-state index contributed by atoms with van der Waals surface area (Å²) in [5.41, 5.74) is 0. The Morgan fingerprint density at radius 2 is 1.72 bits per heavy atom. The number of rotatable bonds is 7. The zero-order valence-electron chi connectivity index (χ0n) is 14.3. The van der Waals surface area contributed by atoms with Crippen LogP contribution in [0.1, 0.15) is 39.0 Å². The lowest BCUT2D eigenvalue weighted by Gasteiger charge is -2.27. The fourth-order valence-corrected chi connectivity index (χ4v) is 3.40. The van der Waals surface area contributed by atoms with E-state index in [2.05, 4.69) is 5.32 Å². The number of carboxylic acid groups (broad SMARTS) is 2. The monoisotopic (exact) mass is 355 g/mol. The lowest BCUT2D eigenvalue weighted by molar-refractivity contribution is -0.149. The SMILES string of the molecule is C[C@H](NC(CC(=O)N1CCCC1)C(=O)O)C(=O)N1CCC[C@H]1C(=O)O. The molecule has 25 heavy (non-hydrogen) atoms. The van der Waals surface area contributed by atoms with E-state index in [-0.39, 0.29) is 12.3 Å². The van der Waals surface area contributed by atoms with Crippen LogP contribution in [0.3, 0.4) is 0 Å². The highest BCUT2D eigenvalue weighted by Gasteiger charge is 2.37. The van der Waals surface area contributed by atoms with Gasteiger partial charge in [-0.15, -0.1) is 0 Å². The van der Waals surface area contributed by atoms with Crippen molar-refractivity contribution in [3.63, 3.8) is 0 Å². The average molecular weight is 355 g/mol. The van der Waals surface area contributed by atoms with Gasteiger partial charge in [0.05, 0.1) is 12.5 Å². The van der Waals surface area contributed by atoms with Crippen molar-refractivity contribution in [3.8, 4) is 0 Å². The topological polar surface area (TPSA) is 127 Å². The molecule has 0 radical (unpaired) electrons. The molecule has 0 aliphatic carbocycles. The van der Waals surface area contributed by atoms with Gasteiger partial charge < -0.3 is 20.0 Å². The Morgan fingerprint density at radius 3 is 2.28 bits per heavy atom. The number of hydrogen-bond donors (Lipinski definition) is 3. The van der Waals surface area contributed by atoms with E-state index >= 15 is 0 Å². The first-order valence-electron chi connectivity index (χ1n) is 8.61. The molecule has 0 aromatic carbocycles. The lowest BCUT2D eigenvalue weighted by atomic mass is 10.1. The quantitative estimate of drug-likeness (QED) is 0.562. The number of hydrogen-bond acceptors (Lipinski definition) is 5. The summed E-state index contributed by atoms with van der Waals surface area (Å²) in [6, 6.07) is -2.93. The van der Waals surface area contributed by atoms with E-state index in [9.17, 15) is 24.3 Å². The van der Waals surface area contributed by atoms with Crippen LogP contribution in [0.15, 0.2) is 0 Å². The smallest absolute Gasteiger partial charge is 0.326 e. The Morgan fingerprint density at radius 1 is 1.08 bits per heavy atom. The molecule has 2 aliphatic heterocycles. The van der Waals surface area contributed by atoms with Crippen molar-refractivity contribution in [3.05, 3.63) is 0 Å². The average Bonchev–Trinajstić information content (AvgIpc) is 3.24. The van der Waals surface area contributed by atoms with Gasteiger partial charge in [0.1, 0.15) is 12.1 Å². The third-order valence-electron chi connectivity index (χ3n) is 4.78. The Kier molecular flexibility index (Phi) is 6.35. The van der Waals surface area contributed by atoms with Gasteiger partial charge in [0.25, 0.3) is 0 Å². The van der Waals surface area contributed by atoms with E-state index < -0.39 is 36.0 Å². The molecule has 3 atom stereocenters. The maximum Gasteiger partial charge on any atom is 0.326 e. The van der Waals surface area contributed by atoms with Gasteiger partial charge in [-0.05, 0) is 32.6 Å². The number of carboxylic acids is 2. The highest BCUT2D eigenvalue weighted by Crippen LogP contribution is 2.19. The largest absolute Gasteiger partial charge is 0.480 e. The Hall–Kier alpha value is -2.16. The van der Waals surface area contributed by atoms with Gasteiger partial charge in [-0.1, -0.05) is 0 Å². The van der Waals surface area contributed by atoms with E-state index in [1.165, 1.54) is 11.8 Å². The molecular weight excluding hydrogens is 330 g/mol. The van der Waals surface area contributed by atoms with Crippen LogP contribution in [0.2, 0.25) is 0 Å². The van der Waals surface area contributed by atoms with Gasteiger partial charge >= 0.3 is 11.9 Å². The van der Waals surface area contributed by atoms with Gasteiger partial charge in [0.2, 0.25) is 11.8 Å². The summed E-state index contributed by atoms with van der Waals surface area (Å²) in [6.45, 7) is 3.10. The summed E-state index contributed by atoms with van der Waals surface area (Å²) in [4.78, 5) is 50.2. The van der Waals surface area contributed by atoms with Crippen LogP contribution in [-0.4, -0.2) is 81.5 Å². The fourth-order valence-electron chi connectivity index (χ4n) is 3.40. The number of nitrogens with one attached hydrogen (secondary N) is 1. The van der Waals surface area contributed by atoms with E-state index in [1.54, 1.807) is 4.90 Å². The van der Waals surface area contributed by atoms with E-state index in [1.807, 2.05) is 0 Å². The minimum Gasteiger partial charge on any atom is -0.480 e. The molecule has 0 aromatic rings. The van der Waals surface area contributed by atoms with Crippen molar-refractivity contribution in [2.45, 2.75) is 57.2 Å². The van der Waals surface area contributed by atoms with Crippen molar-refractivity contribution in [2.24, 2.45) is 0 Å². The maximum atomic E-state index is 12.5. The summed E-state index contributed by atoms with van der Waals surface area (Å²) in [5.74, 6) is -2.97. The number of aliphatic carboxylic acids is 2. The molecular formula is C16H25N3O6. The molecule has 2 amide bonds. The number of nitrogens with zero attached hydrogens (tertiary/aromatic N) is 2. The van der Waals surface area contributed by atoms with Crippen LogP contribution in [0.25, 0.3) is 0 Å². The standard InChI is InChI=1S/C16H25N3O6/c1-10(14(21)19-8-4-5-12(19)16(24)25)17-11(15(22)23)9-13(20)18-6-2-3-7-18/h10-12,17H,2-9H2,1H3,(H,22,23)(H,24,25)/t10-,11?,12-/m0/s1. The van der Waals surface area contributed by atoms with Crippen LogP contribution in [-0.2, 0) is 19.2 Å². The number of likely N-dealkylation sites (tertiary alicyclic amines) is 2. The van der Waals surface area contributed by atoms with Gasteiger partial charge in [-0.25, -0.2) is 4.79 Å². The highest BCUT2D eigenvalue weighted by atomic mass is 16.4. The number of amides is 2. The molecule has 2 fully saturated rings.